The highest BCUT2D eigenvalue weighted by Crippen LogP contribution is 2.25. The molecule has 0 saturated carbocycles. The molecule has 0 fully saturated rings. The number of tetrazole rings is 1. The van der Waals surface area contributed by atoms with Gasteiger partial charge in [-0.15, -0.1) is 5.10 Å². The maximum absolute atomic E-state index is 12.2. The molecule has 0 unspecified atom stereocenters. The lowest BCUT2D eigenvalue weighted by Crippen LogP contribution is -2.14. The number of hydrogen-bond acceptors (Lipinski definition) is 5. The van der Waals surface area contributed by atoms with E-state index in [4.69, 9.17) is 0 Å². The van der Waals surface area contributed by atoms with Crippen molar-refractivity contribution in [2.24, 2.45) is 0 Å². The average molecular weight is 361 g/mol. The number of nitrogens with zero attached hydrogens (tertiary/aromatic N) is 4. The summed E-state index contributed by atoms with van der Waals surface area (Å²) in [6, 6.07) is 23.4. The van der Waals surface area contributed by atoms with Gasteiger partial charge in [0.05, 0.1) is 11.4 Å². The maximum Gasteiger partial charge on any atom is 0.234 e. The number of amides is 1. The molecular formula is C19H15N5OS. The average Bonchev–Trinajstić information content (AvgIpc) is 3.15. The molecule has 0 bridgehead atoms. The van der Waals surface area contributed by atoms with E-state index in [-0.39, 0.29) is 11.7 Å². The van der Waals surface area contributed by atoms with Crippen molar-refractivity contribution in [2.45, 2.75) is 5.16 Å². The summed E-state index contributed by atoms with van der Waals surface area (Å²) in [6.07, 6.45) is 0. The number of benzene rings is 3. The van der Waals surface area contributed by atoms with Crippen LogP contribution in [0.2, 0.25) is 0 Å². The second-order valence-corrected chi connectivity index (χ2v) is 6.52. The third-order valence-corrected chi connectivity index (χ3v) is 4.74. The highest BCUT2D eigenvalue weighted by Gasteiger charge is 2.13. The van der Waals surface area contributed by atoms with Crippen molar-refractivity contribution >= 4 is 34.1 Å². The van der Waals surface area contributed by atoms with Crippen LogP contribution in [0.1, 0.15) is 0 Å². The molecule has 3 aromatic carbocycles. The van der Waals surface area contributed by atoms with Gasteiger partial charge in [0, 0.05) is 11.1 Å². The maximum atomic E-state index is 12.2. The van der Waals surface area contributed by atoms with Crippen LogP contribution < -0.4 is 5.32 Å². The van der Waals surface area contributed by atoms with Gasteiger partial charge in [0.1, 0.15) is 0 Å². The zero-order valence-electron chi connectivity index (χ0n) is 13.7. The minimum Gasteiger partial charge on any atom is -0.325 e. The van der Waals surface area contributed by atoms with Crippen molar-refractivity contribution in [2.75, 3.05) is 11.1 Å². The summed E-state index contributed by atoms with van der Waals surface area (Å²) in [7, 11) is 0. The number of carbonyl (C=O) groups is 1. The van der Waals surface area contributed by atoms with Gasteiger partial charge in [-0.2, -0.15) is 4.68 Å². The lowest BCUT2D eigenvalue weighted by Gasteiger charge is -2.08. The highest BCUT2D eigenvalue weighted by atomic mass is 32.2. The number of rotatable bonds is 5. The SMILES string of the molecule is O=C(CSc1nnnn1-c1cccc2ccccc12)Nc1ccccc1. The zero-order valence-corrected chi connectivity index (χ0v) is 14.6. The Morgan fingerprint density at radius 1 is 0.962 bits per heavy atom. The second-order valence-electron chi connectivity index (χ2n) is 5.57. The van der Waals surface area contributed by atoms with Gasteiger partial charge in [-0.25, -0.2) is 0 Å². The van der Waals surface area contributed by atoms with E-state index in [1.807, 2.05) is 72.8 Å². The molecule has 1 amide bonds. The summed E-state index contributed by atoms with van der Waals surface area (Å²) in [6.45, 7) is 0. The molecule has 1 heterocycles. The summed E-state index contributed by atoms with van der Waals surface area (Å²) < 4.78 is 1.67. The van der Waals surface area contributed by atoms with E-state index in [2.05, 4.69) is 20.8 Å². The third kappa shape index (κ3) is 3.43. The van der Waals surface area contributed by atoms with E-state index < -0.39 is 0 Å². The van der Waals surface area contributed by atoms with E-state index in [9.17, 15) is 4.79 Å². The number of nitrogens with one attached hydrogen (secondary N) is 1. The first-order valence-corrected chi connectivity index (χ1v) is 9.04. The first-order valence-electron chi connectivity index (χ1n) is 8.05. The summed E-state index contributed by atoms with van der Waals surface area (Å²) >= 11 is 1.30. The minimum atomic E-state index is -0.103. The van der Waals surface area contributed by atoms with E-state index in [0.29, 0.717) is 5.16 Å². The Morgan fingerprint density at radius 2 is 1.73 bits per heavy atom. The number of hydrogen-bond donors (Lipinski definition) is 1. The Bertz CT molecular complexity index is 1040. The number of anilines is 1. The van der Waals surface area contributed by atoms with E-state index in [0.717, 1.165) is 22.1 Å². The van der Waals surface area contributed by atoms with Crippen molar-refractivity contribution in [3.63, 3.8) is 0 Å². The Hall–Kier alpha value is -3.19. The highest BCUT2D eigenvalue weighted by molar-refractivity contribution is 7.99. The van der Waals surface area contributed by atoms with Crippen LogP contribution in [0.4, 0.5) is 5.69 Å². The molecule has 0 aliphatic heterocycles. The Labute approximate surface area is 154 Å². The monoisotopic (exact) mass is 361 g/mol. The van der Waals surface area contributed by atoms with Crippen molar-refractivity contribution in [1.82, 2.24) is 20.2 Å². The molecule has 1 aromatic heterocycles. The standard InChI is InChI=1S/C19H15N5OS/c25-18(20-15-9-2-1-3-10-15)13-26-19-21-22-23-24(19)17-12-6-8-14-7-4-5-11-16(14)17/h1-12H,13H2,(H,20,25). The molecular weight excluding hydrogens is 346 g/mol. The lowest BCUT2D eigenvalue weighted by molar-refractivity contribution is -0.113. The second kappa shape index (κ2) is 7.37. The van der Waals surface area contributed by atoms with Crippen LogP contribution in [0.15, 0.2) is 78.0 Å². The van der Waals surface area contributed by atoms with E-state index in [1.165, 1.54) is 11.8 Å². The van der Waals surface area contributed by atoms with Crippen LogP contribution in [0.3, 0.4) is 0 Å². The molecule has 0 radical (unpaired) electrons. The quantitative estimate of drug-likeness (QED) is 0.550. The molecule has 0 atom stereocenters. The fourth-order valence-electron chi connectivity index (χ4n) is 2.66. The number of carbonyl (C=O) groups excluding carboxylic acids is 1. The van der Waals surface area contributed by atoms with Crippen molar-refractivity contribution in [3.8, 4) is 5.69 Å². The zero-order chi connectivity index (χ0) is 17.8. The molecule has 0 aliphatic carbocycles. The van der Waals surface area contributed by atoms with Crippen LogP contribution in [-0.2, 0) is 4.79 Å². The smallest absolute Gasteiger partial charge is 0.234 e. The molecule has 1 N–H and O–H groups in total. The Morgan fingerprint density at radius 3 is 2.62 bits per heavy atom. The predicted octanol–water partition coefficient (Wildman–Crippen LogP) is 3.55. The van der Waals surface area contributed by atoms with Gasteiger partial charge in [-0.1, -0.05) is 66.4 Å². The number of fused-ring (bicyclic) bond motifs is 1. The first kappa shape index (κ1) is 16.3. The van der Waals surface area contributed by atoms with Crippen LogP contribution in [0.5, 0.6) is 0 Å². The summed E-state index contributed by atoms with van der Waals surface area (Å²) in [4.78, 5) is 12.2. The van der Waals surface area contributed by atoms with Crippen LogP contribution in [0.25, 0.3) is 16.5 Å². The minimum absolute atomic E-state index is 0.103. The molecule has 6 nitrogen and oxygen atoms in total. The summed E-state index contributed by atoms with van der Waals surface area (Å²) in [5.41, 5.74) is 1.66. The third-order valence-electron chi connectivity index (χ3n) is 3.83. The lowest BCUT2D eigenvalue weighted by atomic mass is 10.1. The topological polar surface area (TPSA) is 72.7 Å². The summed E-state index contributed by atoms with van der Waals surface area (Å²) in [5, 5.41) is 17.5. The molecule has 0 saturated heterocycles. The van der Waals surface area contributed by atoms with E-state index in [1.54, 1.807) is 4.68 Å². The van der Waals surface area contributed by atoms with Crippen LogP contribution in [0, 0.1) is 0 Å². The van der Waals surface area contributed by atoms with Crippen molar-refractivity contribution < 1.29 is 4.79 Å². The molecule has 0 spiro atoms. The van der Waals surface area contributed by atoms with Crippen LogP contribution >= 0.6 is 11.8 Å². The fraction of sp³-hybridized carbons (Fsp3) is 0.0526. The molecule has 128 valence electrons. The molecule has 26 heavy (non-hydrogen) atoms. The Kier molecular flexibility index (Phi) is 4.61. The Balaban J connectivity index is 1.53. The molecule has 7 heteroatoms. The number of thioether (sulfide) groups is 1. The fourth-order valence-corrected chi connectivity index (χ4v) is 3.35. The van der Waals surface area contributed by atoms with Gasteiger partial charge in [-0.3, -0.25) is 4.79 Å². The first-order chi connectivity index (χ1) is 12.8. The van der Waals surface area contributed by atoms with Gasteiger partial charge in [0.15, 0.2) is 0 Å². The van der Waals surface area contributed by atoms with Crippen molar-refractivity contribution in [1.29, 1.82) is 0 Å². The van der Waals surface area contributed by atoms with Gasteiger partial charge in [-0.05, 0) is 34.0 Å². The largest absolute Gasteiger partial charge is 0.325 e. The van der Waals surface area contributed by atoms with Gasteiger partial charge < -0.3 is 5.32 Å². The molecule has 4 aromatic rings. The summed E-state index contributed by atoms with van der Waals surface area (Å²) in [5.74, 6) is 0.119. The number of para-hydroxylation sites is 1. The van der Waals surface area contributed by atoms with Gasteiger partial charge in [0.25, 0.3) is 0 Å². The van der Waals surface area contributed by atoms with Gasteiger partial charge >= 0.3 is 0 Å². The van der Waals surface area contributed by atoms with Gasteiger partial charge in [0.2, 0.25) is 11.1 Å². The normalized spacial score (nSPS) is 10.8. The van der Waals surface area contributed by atoms with Crippen molar-refractivity contribution in [3.05, 3.63) is 72.8 Å². The number of aromatic nitrogens is 4. The molecule has 0 aliphatic rings. The van der Waals surface area contributed by atoms with Crippen LogP contribution in [-0.4, -0.2) is 31.9 Å². The predicted molar refractivity (Wildman–Crippen MR) is 102 cm³/mol. The molecule has 4 rings (SSSR count). The van der Waals surface area contributed by atoms with E-state index >= 15 is 0 Å².